The van der Waals surface area contributed by atoms with Crippen molar-refractivity contribution in [2.45, 2.75) is 26.3 Å². The number of hydrogen-bond acceptors (Lipinski definition) is 2. The lowest BCUT2D eigenvalue weighted by atomic mass is 10.1. The highest BCUT2D eigenvalue weighted by atomic mass is 19.1. The van der Waals surface area contributed by atoms with Crippen LogP contribution >= 0.6 is 0 Å². The molecule has 2 nitrogen and oxygen atoms in total. The van der Waals surface area contributed by atoms with Gasteiger partial charge in [0, 0.05) is 12.1 Å². The number of aryl methyl sites for hydroxylation is 1. The van der Waals surface area contributed by atoms with Gasteiger partial charge in [0.1, 0.15) is 17.3 Å². The van der Waals surface area contributed by atoms with E-state index in [9.17, 15) is 4.39 Å². The Morgan fingerprint density at radius 3 is 2.32 bits per heavy atom. The minimum Gasteiger partial charge on any atom is -0.457 e. The molecule has 100 valence electrons. The molecule has 0 aliphatic carbocycles. The Kier molecular flexibility index (Phi) is 4.17. The van der Waals surface area contributed by atoms with Gasteiger partial charge in [0.2, 0.25) is 0 Å². The van der Waals surface area contributed by atoms with Gasteiger partial charge in [-0.2, -0.15) is 0 Å². The fraction of sp³-hybridized carbons (Fsp3) is 0.250. The molecule has 0 saturated heterocycles. The van der Waals surface area contributed by atoms with Crippen LogP contribution in [0.1, 0.15) is 30.5 Å². The van der Waals surface area contributed by atoms with E-state index in [1.54, 1.807) is 19.1 Å². The molecular formula is C16H18FNO. The van der Waals surface area contributed by atoms with E-state index in [1.807, 2.05) is 31.2 Å². The zero-order valence-electron chi connectivity index (χ0n) is 11.2. The molecule has 0 amide bonds. The van der Waals surface area contributed by atoms with E-state index in [2.05, 4.69) is 0 Å². The zero-order valence-corrected chi connectivity index (χ0v) is 11.2. The van der Waals surface area contributed by atoms with Crippen molar-refractivity contribution in [1.82, 2.24) is 0 Å². The zero-order chi connectivity index (χ0) is 13.8. The summed E-state index contributed by atoms with van der Waals surface area (Å²) >= 11 is 0. The molecule has 2 N–H and O–H groups in total. The highest BCUT2D eigenvalue weighted by molar-refractivity contribution is 5.35. The summed E-state index contributed by atoms with van der Waals surface area (Å²) in [5.41, 5.74) is 7.63. The predicted molar refractivity (Wildman–Crippen MR) is 74.9 cm³/mol. The molecule has 0 aromatic heterocycles. The number of nitrogens with two attached hydrogens (primary N) is 1. The highest BCUT2D eigenvalue weighted by Gasteiger charge is 2.05. The molecule has 3 heteroatoms. The SMILES string of the molecule is CC[C@H](N)c1ccc(Oc2ccc(C)c(F)c2)cc1. The van der Waals surface area contributed by atoms with Crippen LogP contribution < -0.4 is 10.5 Å². The Bertz CT molecular complexity index is 551. The second-order valence-corrected chi connectivity index (χ2v) is 4.60. The van der Waals surface area contributed by atoms with Gasteiger partial charge in [-0.05, 0) is 42.7 Å². The minimum atomic E-state index is -0.262. The molecule has 0 fully saturated rings. The smallest absolute Gasteiger partial charge is 0.130 e. The van der Waals surface area contributed by atoms with Crippen molar-refractivity contribution in [3.63, 3.8) is 0 Å². The van der Waals surface area contributed by atoms with E-state index in [0.717, 1.165) is 12.0 Å². The van der Waals surface area contributed by atoms with Crippen LogP contribution in [0.5, 0.6) is 11.5 Å². The molecule has 19 heavy (non-hydrogen) atoms. The number of hydrogen-bond donors (Lipinski definition) is 1. The molecule has 0 saturated carbocycles. The summed E-state index contributed by atoms with van der Waals surface area (Å²) in [6.07, 6.45) is 0.892. The Hall–Kier alpha value is -1.87. The van der Waals surface area contributed by atoms with Gasteiger partial charge in [-0.15, -0.1) is 0 Å². The molecule has 0 aliphatic rings. The van der Waals surface area contributed by atoms with E-state index in [-0.39, 0.29) is 11.9 Å². The predicted octanol–water partition coefficient (Wildman–Crippen LogP) is 4.34. The maximum absolute atomic E-state index is 13.4. The molecule has 2 aromatic carbocycles. The van der Waals surface area contributed by atoms with Crippen LogP contribution in [0.3, 0.4) is 0 Å². The number of halogens is 1. The van der Waals surface area contributed by atoms with Crippen LogP contribution in [0.15, 0.2) is 42.5 Å². The first-order chi connectivity index (χ1) is 9.10. The molecule has 0 spiro atoms. The normalized spacial score (nSPS) is 12.2. The van der Waals surface area contributed by atoms with Crippen molar-refractivity contribution in [3.05, 3.63) is 59.4 Å². The summed E-state index contributed by atoms with van der Waals surface area (Å²) in [7, 11) is 0. The van der Waals surface area contributed by atoms with Crippen molar-refractivity contribution in [2.24, 2.45) is 5.73 Å². The third kappa shape index (κ3) is 3.32. The average Bonchev–Trinajstić information content (AvgIpc) is 2.43. The van der Waals surface area contributed by atoms with Gasteiger partial charge in [0.05, 0.1) is 0 Å². The standard InChI is InChI=1S/C16H18FNO/c1-3-16(18)12-5-8-13(9-6-12)19-14-7-4-11(2)15(17)10-14/h4-10,16H,3,18H2,1-2H3/t16-/m0/s1. The third-order valence-corrected chi connectivity index (χ3v) is 3.13. The van der Waals surface area contributed by atoms with Gasteiger partial charge in [-0.25, -0.2) is 4.39 Å². The summed E-state index contributed by atoms with van der Waals surface area (Å²) in [6, 6.07) is 12.5. The highest BCUT2D eigenvalue weighted by Crippen LogP contribution is 2.25. The summed E-state index contributed by atoms with van der Waals surface area (Å²) in [5, 5.41) is 0. The molecule has 1 atom stereocenters. The topological polar surface area (TPSA) is 35.2 Å². The van der Waals surface area contributed by atoms with Crippen LogP contribution in [0, 0.1) is 12.7 Å². The number of rotatable bonds is 4. The Morgan fingerprint density at radius 2 is 1.74 bits per heavy atom. The molecular weight excluding hydrogens is 241 g/mol. The van der Waals surface area contributed by atoms with Crippen LogP contribution in [0.4, 0.5) is 4.39 Å². The largest absolute Gasteiger partial charge is 0.457 e. The quantitative estimate of drug-likeness (QED) is 0.886. The Morgan fingerprint density at radius 1 is 1.11 bits per heavy atom. The van der Waals surface area contributed by atoms with Crippen molar-refractivity contribution in [2.75, 3.05) is 0 Å². The van der Waals surface area contributed by atoms with Crippen LogP contribution in [0.2, 0.25) is 0 Å². The Balaban J connectivity index is 2.12. The van der Waals surface area contributed by atoms with Gasteiger partial charge in [0.15, 0.2) is 0 Å². The van der Waals surface area contributed by atoms with Crippen LogP contribution in [-0.2, 0) is 0 Å². The first-order valence-electron chi connectivity index (χ1n) is 6.39. The summed E-state index contributed by atoms with van der Waals surface area (Å²) in [5.74, 6) is 0.910. The van der Waals surface area contributed by atoms with Crippen molar-refractivity contribution in [3.8, 4) is 11.5 Å². The fourth-order valence-corrected chi connectivity index (χ4v) is 1.79. The van der Waals surface area contributed by atoms with Crippen LogP contribution in [0.25, 0.3) is 0 Å². The van der Waals surface area contributed by atoms with E-state index in [4.69, 9.17) is 10.5 Å². The average molecular weight is 259 g/mol. The Labute approximate surface area is 113 Å². The summed E-state index contributed by atoms with van der Waals surface area (Å²) < 4.78 is 19.0. The summed E-state index contributed by atoms with van der Waals surface area (Å²) in [4.78, 5) is 0. The first kappa shape index (κ1) is 13.6. The molecule has 2 aromatic rings. The van der Waals surface area contributed by atoms with Crippen molar-refractivity contribution >= 4 is 0 Å². The molecule has 2 rings (SSSR count). The van der Waals surface area contributed by atoms with E-state index >= 15 is 0 Å². The molecule has 0 bridgehead atoms. The van der Waals surface area contributed by atoms with Gasteiger partial charge >= 0.3 is 0 Å². The lowest BCUT2D eigenvalue weighted by Crippen LogP contribution is -2.07. The van der Waals surface area contributed by atoms with Crippen LogP contribution in [-0.4, -0.2) is 0 Å². The van der Waals surface area contributed by atoms with Gasteiger partial charge in [0.25, 0.3) is 0 Å². The number of ether oxygens (including phenoxy) is 1. The maximum atomic E-state index is 13.4. The number of benzene rings is 2. The minimum absolute atomic E-state index is 0.0471. The van der Waals surface area contributed by atoms with E-state index < -0.39 is 0 Å². The lowest BCUT2D eigenvalue weighted by molar-refractivity contribution is 0.475. The van der Waals surface area contributed by atoms with Gasteiger partial charge < -0.3 is 10.5 Å². The van der Waals surface area contributed by atoms with Crippen molar-refractivity contribution < 1.29 is 9.13 Å². The van der Waals surface area contributed by atoms with E-state index in [1.165, 1.54) is 6.07 Å². The molecule has 0 radical (unpaired) electrons. The molecule has 0 unspecified atom stereocenters. The lowest BCUT2D eigenvalue weighted by Gasteiger charge is -2.11. The van der Waals surface area contributed by atoms with Crippen molar-refractivity contribution in [1.29, 1.82) is 0 Å². The van der Waals surface area contributed by atoms with E-state index in [0.29, 0.717) is 17.1 Å². The summed E-state index contributed by atoms with van der Waals surface area (Å²) in [6.45, 7) is 3.77. The van der Waals surface area contributed by atoms with Gasteiger partial charge in [-0.1, -0.05) is 25.1 Å². The van der Waals surface area contributed by atoms with Gasteiger partial charge in [-0.3, -0.25) is 0 Å². The monoisotopic (exact) mass is 259 g/mol. The third-order valence-electron chi connectivity index (χ3n) is 3.13. The first-order valence-corrected chi connectivity index (χ1v) is 6.39. The molecule has 0 aliphatic heterocycles. The maximum Gasteiger partial charge on any atom is 0.130 e. The fourth-order valence-electron chi connectivity index (χ4n) is 1.79. The second kappa shape index (κ2) is 5.85. The molecule has 0 heterocycles. The second-order valence-electron chi connectivity index (χ2n) is 4.60.